The van der Waals surface area contributed by atoms with E-state index in [0.29, 0.717) is 30.6 Å². The Labute approximate surface area is 241 Å². The van der Waals surface area contributed by atoms with Crippen LogP contribution in [0.15, 0.2) is 5.38 Å². The second-order valence-corrected chi connectivity index (χ2v) is 14.4. The molecule has 2 amide bonds. The Bertz CT molecular complexity index is 1140. The number of hydrogen-bond donors (Lipinski definition) is 3. The zero-order valence-electron chi connectivity index (χ0n) is 24.7. The van der Waals surface area contributed by atoms with E-state index in [0.717, 1.165) is 32.1 Å². The van der Waals surface area contributed by atoms with Gasteiger partial charge in [-0.2, -0.15) is 0 Å². The lowest BCUT2D eigenvalue weighted by Crippen LogP contribution is -2.54. The molecule has 4 rings (SSSR count). The van der Waals surface area contributed by atoms with Crippen LogP contribution in [0.2, 0.25) is 0 Å². The molecule has 11 heteroatoms. The maximum atomic E-state index is 14.3. The van der Waals surface area contributed by atoms with Gasteiger partial charge in [-0.25, -0.2) is 9.78 Å². The number of hydrogen-bond acceptors (Lipinski definition) is 9. The molecule has 0 aromatic carbocycles. The third kappa shape index (κ3) is 6.35. The van der Waals surface area contributed by atoms with Crippen LogP contribution in [-0.4, -0.2) is 71.3 Å². The van der Waals surface area contributed by atoms with Gasteiger partial charge in [-0.15, -0.1) is 11.3 Å². The topological polar surface area (TPSA) is 144 Å². The molecule has 1 saturated heterocycles. The van der Waals surface area contributed by atoms with Crippen LogP contribution in [0.4, 0.5) is 5.13 Å². The monoisotopic (exact) mass is 575 g/mol. The summed E-state index contributed by atoms with van der Waals surface area (Å²) in [6.45, 7) is 13.6. The molecular formula is C29H45N5O5S. The van der Waals surface area contributed by atoms with E-state index in [-0.39, 0.29) is 35.1 Å². The Hall–Kier alpha value is -2.53. The first-order valence-electron chi connectivity index (χ1n) is 14.4. The van der Waals surface area contributed by atoms with Crippen molar-refractivity contribution in [1.29, 1.82) is 0 Å². The van der Waals surface area contributed by atoms with Gasteiger partial charge < -0.3 is 26.0 Å². The number of primary amides is 1. The Morgan fingerprint density at radius 1 is 1.25 bits per heavy atom. The molecule has 1 aliphatic heterocycles. The Morgan fingerprint density at radius 3 is 2.45 bits per heavy atom. The molecule has 222 valence electrons. The number of esters is 1. The molecule has 1 aromatic heterocycles. The predicted octanol–water partition coefficient (Wildman–Crippen LogP) is 3.37. The van der Waals surface area contributed by atoms with E-state index >= 15 is 0 Å². The average Bonchev–Trinajstić information content (AvgIpc) is 3.18. The number of likely N-dealkylation sites (tertiary alicyclic amines) is 1. The summed E-state index contributed by atoms with van der Waals surface area (Å²) in [4.78, 5) is 57.2. The zero-order valence-corrected chi connectivity index (χ0v) is 25.5. The van der Waals surface area contributed by atoms with Crippen LogP contribution in [0.1, 0.15) is 90.6 Å². The maximum Gasteiger partial charge on any atom is 0.357 e. The summed E-state index contributed by atoms with van der Waals surface area (Å²) < 4.78 is 5.06. The highest BCUT2D eigenvalue weighted by Crippen LogP contribution is 2.68. The number of nitrogens with one attached hydrogen (secondary N) is 2. The number of rotatable bonds is 12. The highest BCUT2D eigenvalue weighted by Gasteiger charge is 2.66. The van der Waals surface area contributed by atoms with E-state index in [2.05, 4.69) is 29.5 Å². The second kappa shape index (κ2) is 11.4. The smallest absolute Gasteiger partial charge is 0.357 e. The van der Waals surface area contributed by atoms with Gasteiger partial charge in [-0.05, 0) is 48.3 Å². The fourth-order valence-corrected chi connectivity index (χ4v) is 7.02. The van der Waals surface area contributed by atoms with Crippen LogP contribution in [0, 0.1) is 22.2 Å². The molecule has 2 unspecified atom stereocenters. The van der Waals surface area contributed by atoms with Crippen molar-refractivity contribution in [3.05, 3.63) is 11.1 Å². The number of nitrogens with zero attached hydrogens (tertiary/aromatic N) is 2. The zero-order chi connectivity index (χ0) is 29.5. The maximum absolute atomic E-state index is 14.3. The summed E-state index contributed by atoms with van der Waals surface area (Å²) >= 11 is 1.27. The molecule has 0 bridgehead atoms. The van der Waals surface area contributed by atoms with Crippen molar-refractivity contribution in [3.63, 3.8) is 0 Å². The van der Waals surface area contributed by atoms with Gasteiger partial charge in [0.1, 0.15) is 6.04 Å². The largest absolute Gasteiger partial charge is 0.461 e. The minimum Gasteiger partial charge on any atom is -0.461 e. The van der Waals surface area contributed by atoms with Gasteiger partial charge in [0.2, 0.25) is 11.7 Å². The van der Waals surface area contributed by atoms with Gasteiger partial charge in [0.05, 0.1) is 12.6 Å². The number of carbonyl (C=O) groups excluding carboxylic acids is 4. The Morgan fingerprint density at radius 2 is 1.93 bits per heavy atom. The standard InChI is InChI=1S/C29H45N5O5S/c1-7-39-25(38)20-14-40-26(32-20)33-22(27(2,3)4)24(37)34-16-29(15-28(29,5)6)12-18(34)13-31-19(21(35)23(30)36)11-17-9-8-10-17/h14,17-19,22,31H,7-13,15-16H2,1-6H3,(H2,30,36)(H,32,33)/t18-,19?,22+,29?/m0/s1. The van der Waals surface area contributed by atoms with Crippen molar-refractivity contribution in [3.8, 4) is 0 Å². The molecule has 2 heterocycles. The lowest BCUT2D eigenvalue weighted by atomic mass is 9.80. The van der Waals surface area contributed by atoms with Crippen molar-refractivity contribution in [2.45, 2.75) is 98.2 Å². The first kappa shape index (κ1) is 30.4. The van der Waals surface area contributed by atoms with Gasteiger partial charge in [0.25, 0.3) is 5.91 Å². The number of nitrogens with two attached hydrogens (primary N) is 1. The minimum atomic E-state index is -0.918. The SMILES string of the molecule is CCOC(=O)c1csc(N[C@H](C(=O)N2CC3(C[C@H]2CNC(CC2CCC2)C(=O)C(N)=O)CC3(C)C)C(C)(C)C)n1. The van der Waals surface area contributed by atoms with Crippen LogP contribution in [0.5, 0.6) is 0 Å². The fraction of sp³-hybridized carbons (Fsp3) is 0.759. The number of thiazole rings is 1. The molecule has 40 heavy (non-hydrogen) atoms. The number of anilines is 1. The molecule has 1 spiro atoms. The first-order chi connectivity index (χ1) is 18.7. The molecule has 2 aliphatic carbocycles. The summed E-state index contributed by atoms with van der Waals surface area (Å²) in [5.41, 5.74) is 5.31. The summed E-state index contributed by atoms with van der Waals surface area (Å²) in [6, 6.07) is -1.35. The number of aromatic nitrogens is 1. The third-order valence-electron chi connectivity index (χ3n) is 9.24. The molecule has 3 aliphatic rings. The molecule has 4 N–H and O–H groups in total. The van der Waals surface area contributed by atoms with Crippen molar-refractivity contribution < 1.29 is 23.9 Å². The number of ether oxygens (including phenoxy) is 1. The van der Waals surface area contributed by atoms with E-state index in [1.807, 2.05) is 25.7 Å². The second-order valence-electron chi connectivity index (χ2n) is 13.6. The number of Topliss-reactive ketones (excluding diaryl/α,β-unsaturated/α-hetero) is 1. The molecule has 10 nitrogen and oxygen atoms in total. The van der Waals surface area contributed by atoms with E-state index < -0.39 is 35.2 Å². The van der Waals surface area contributed by atoms with Crippen molar-refractivity contribution in [1.82, 2.24) is 15.2 Å². The molecule has 3 fully saturated rings. The van der Waals surface area contributed by atoms with E-state index in [1.165, 1.54) is 11.3 Å². The number of amides is 2. The van der Waals surface area contributed by atoms with Gasteiger partial charge in [-0.3, -0.25) is 14.4 Å². The van der Waals surface area contributed by atoms with Crippen LogP contribution in [-0.2, 0) is 19.1 Å². The highest BCUT2D eigenvalue weighted by atomic mass is 32.1. The van der Waals surface area contributed by atoms with Crippen LogP contribution >= 0.6 is 11.3 Å². The minimum absolute atomic E-state index is 0.0346. The number of ketones is 1. The van der Waals surface area contributed by atoms with Gasteiger partial charge in [-0.1, -0.05) is 53.9 Å². The third-order valence-corrected chi connectivity index (χ3v) is 10.0. The fourth-order valence-electron chi connectivity index (χ4n) is 6.31. The summed E-state index contributed by atoms with van der Waals surface area (Å²) in [5.74, 6) is -1.61. The summed E-state index contributed by atoms with van der Waals surface area (Å²) in [5, 5.41) is 8.78. The van der Waals surface area contributed by atoms with Gasteiger partial charge >= 0.3 is 5.97 Å². The molecule has 1 aromatic rings. The quantitative estimate of drug-likeness (QED) is 0.254. The van der Waals surface area contributed by atoms with Crippen molar-refractivity contribution in [2.24, 2.45) is 27.9 Å². The summed E-state index contributed by atoms with van der Waals surface area (Å²) in [6.07, 6.45) is 5.73. The van der Waals surface area contributed by atoms with Crippen molar-refractivity contribution in [2.75, 3.05) is 25.0 Å². The number of carbonyl (C=O) groups is 4. The molecule has 2 saturated carbocycles. The van der Waals surface area contributed by atoms with E-state index in [1.54, 1.807) is 12.3 Å². The Balaban J connectivity index is 1.53. The Kier molecular flexibility index (Phi) is 8.66. The van der Waals surface area contributed by atoms with Crippen LogP contribution in [0.25, 0.3) is 0 Å². The summed E-state index contributed by atoms with van der Waals surface area (Å²) in [7, 11) is 0. The van der Waals surface area contributed by atoms with Gasteiger partial charge in [0, 0.05) is 24.5 Å². The van der Waals surface area contributed by atoms with Crippen LogP contribution < -0.4 is 16.4 Å². The normalized spacial score (nSPS) is 25.2. The lowest BCUT2D eigenvalue weighted by Gasteiger charge is -2.36. The predicted molar refractivity (Wildman–Crippen MR) is 154 cm³/mol. The lowest BCUT2D eigenvalue weighted by molar-refractivity contribution is -0.138. The highest BCUT2D eigenvalue weighted by molar-refractivity contribution is 7.13. The van der Waals surface area contributed by atoms with E-state index in [4.69, 9.17) is 10.5 Å². The molecular weight excluding hydrogens is 530 g/mol. The first-order valence-corrected chi connectivity index (χ1v) is 15.3. The van der Waals surface area contributed by atoms with Crippen molar-refractivity contribution >= 4 is 40.0 Å². The average molecular weight is 576 g/mol. The van der Waals surface area contributed by atoms with Gasteiger partial charge in [0.15, 0.2) is 10.8 Å². The van der Waals surface area contributed by atoms with E-state index in [9.17, 15) is 19.2 Å². The molecule has 0 radical (unpaired) electrons. The van der Waals surface area contributed by atoms with Crippen LogP contribution in [0.3, 0.4) is 0 Å². The molecule has 4 atom stereocenters.